The molecule has 4 rings (SSSR count). The Hall–Kier alpha value is -3.59. The number of hydrogen-bond donors (Lipinski definition) is 1. The van der Waals surface area contributed by atoms with Crippen molar-refractivity contribution in [1.29, 1.82) is 0 Å². The first-order valence-corrected chi connectivity index (χ1v) is 11.4. The highest BCUT2D eigenvalue weighted by molar-refractivity contribution is 5.49. The van der Waals surface area contributed by atoms with Crippen molar-refractivity contribution in [2.45, 2.75) is 19.4 Å². The SMILES string of the molecule is COc1ccc(OCCn2c(O)cn(-c3ccc(OCCN4CCCC4)c(OC)c3)c2=O)cc1. The minimum Gasteiger partial charge on any atom is -0.497 e. The van der Waals surface area contributed by atoms with Gasteiger partial charge in [0, 0.05) is 12.6 Å². The van der Waals surface area contributed by atoms with Crippen LogP contribution in [-0.4, -0.2) is 66.2 Å². The van der Waals surface area contributed by atoms with Crippen LogP contribution in [0.2, 0.25) is 0 Å². The van der Waals surface area contributed by atoms with Crippen molar-refractivity contribution < 1.29 is 24.1 Å². The highest BCUT2D eigenvalue weighted by Gasteiger charge is 2.15. The molecule has 1 saturated heterocycles. The Morgan fingerprint density at radius 3 is 2.26 bits per heavy atom. The van der Waals surface area contributed by atoms with Gasteiger partial charge in [-0.1, -0.05) is 0 Å². The number of benzene rings is 2. The second-order valence-corrected chi connectivity index (χ2v) is 8.05. The fourth-order valence-corrected chi connectivity index (χ4v) is 4.01. The number of imidazole rings is 1. The van der Waals surface area contributed by atoms with E-state index in [2.05, 4.69) is 4.90 Å². The van der Waals surface area contributed by atoms with Gasteiger partial charge in [0.1, 0.15) is 24.7 Å². The monoisotopic (exact) mass is 469 g/mol. The van der Waals surface area contributed by atoms with E-state index in [1.807, 2.05) is 0 Å². The van der Waals surface area contributed by atoms with Gasteiger partial charge in [-0.25, -0.2) is 4.79 Å². The molecule has 182 valence electrons. The second kappa shape index (κ2) is 11.0. The Labute approximate surface area is 198 Å². The number of rotatable bonds is 11. The topological polar surface area (TPSA) is 87.3 Å². The van der Waals surface area contributed by atoms with Gasteiger partial charge < -0.3 is 24.1 Å². The Bertz CT molecular complexity index is 1130. The maximum atomic E-state index is 12.9. The van der Waals surface area contributed by atoms with E-state index in [9.17, 15) is 9.90 Å². The minimum atomic E-state index is -0.374. The van der Waals surface area contributed by atoms with Crippen LogP contribution in [0.5, 0.6) is 28.9 Å². The van der Waals surface area contributed by atoms with Gasteiger partial charge in [-0.3, -0.25) is 14.0 Å². The molecule has 0 atom stereocenters. The van der Waals surface area contributed by atoms with E-state index in [1.54, 1.807) is 56.7 Å². The van der Waals surface area contributed by atoms with Crippen LogP contribution in [0.4, 0.5) is 0 Å². The van der Waals surface area contributed by atoms with E-state index in [4.69, 9.17) is 18.9 Å². The number of nitrogens with zero attached hydrogens (tertiary/aromatic N) is 3. The van der Waals surface area contributed by atoms with Crippen molar-refractivity contribution >= 4 is 0 Å². The Kier molecular flexibility index (Phi) is 7.64. The van der Waals surface area contributed by atoms with Gasteiger partial charge in [-0.2, -0.15) is 0 Å². The molecular formula is C25H31N3O6. The van der Waals surface area contributed by atoms with E-state index in [0.717, 1.165) is 25.4 Å². The first-order chi connectivity index (χ1) is 16.6. The zero-order chi connectivity index (χ0) is 23.9. The van der Waals surface area contributed by atoms with Gasteiger partial charge in [0.05, 0.1) is 32.6 Å². The van der Waals surface area contributed by atoms with Crippen LogP contribution in [0, 0.1) is 0 Å². The molecule has 9 nitrogen and oxygen atoms in total. The predicted octanol–water partition coefficient (Wildman–Crippen LogP) is 2.92. The Morgan fingerprint density at radius 2 is 1.56 bits per heavy atom. The fourth-order valence-electron chi connectivity index (χ4n) is 4.01. The van der Waals surface area contributed by atoms with Crippen molar-refractivity contribution in [3.63, 3.8) is 0 Å². The number of aromatic hydroxyl groups is 1. The van der Waals surface area contributed by atoms with Gasteiger partial charge in [0.2, 0.25) is 5.88 Å². The summed E-state index contributed by atoms with van der Waals surface area (Å²) in [6, 6.07) is 12.4. The predicted molar refractivity (Wildman–Crippen MR) is 128 cm³/mol. The van der Waals surface area contributed by atoms with E-state index in [0.29, 0.717) is 29.5 Å². The van der Waals surface area contributed by atoms with Crippen LogP contribution >= 0.6 is 0 Å². The lowest BCUT2D eigenvalue weighted by Crippen LogP contribution is -2.25. The average molecular weight is 470 g/mol. The molecule has 0 spiro atoms. The molecule has 1 fully saturated rings. The standard InChI is InChI=1S/C25H31N3O6/c1-31-20-6-8-21(9-7-20)33-16-14-27-24(29)18-28(25(27)30)19-5-10-22(23(17-19)32-2)34-15-13-26-11-3-4-12-26/h5-10,17-18,29H,3-4,11-16H2,1-2H3. The second-order valence-electron chi connectivity index (χ2n) is 8.05. The summed E-state index contributed by atoms with van der Waals surface area (Å²) in [7, 11) is 3.16. The summed E-state index contributed by atoms with van der Waals surface area (Å²) < 4.78 is 24.8. The highest BCUT2D eigenvalue weighted by Crippen LogP contribution is 2.29. The molecule has 0 saturated carbocycles. The van der Waals surface area contributed by atoms with Crippen LogP contribution in [0.15, 0.2) is 53.5 Å². The summed E-state index contributed by atoms with van der Waals surface area (Å²) in [6.45, 7) is 4.10. The quantitative estimate of drug-likeness (QED) is 0.462. The molecule has 1 aliphatic rings. The molecule has 0 unspecified atom stereocenters. The first-order valence-electron chi connectivity index (χ1n) is 11.4. The molecule has 2 aromatic carbocycles. The smallest absolute Gasteiger partial charge is 0.335 e. The molecule has 9 heteroatoms. The molecule has 0 aliphatic carbocycles. The minimum absolute atomic E-state index is 0.145. The van der Waals surface area contributed by atoms with Gasteiger partial charge in [-0.05, 0) is 62.3 Å². The van der Waals surface area contributed by atoms with Gasteiger partial charge in [0.15, 0.2) is 11.5 Å². The number of methoxy groups -OCH3 is 2. The average Bonchev–Trinajstić information content (AvgIpc) is 3.48. The van der Waals surface area contributed by atoms with Crippen LogP contribution in [0.25, 0.3) is 5.69 Å². The lowest BCUT2D eigenvalue weighted by molar-refractivity contribution is 0.230. The van der Waals surface area contributed by atoms with Crippen LogP contribution in [-0.2, 0) is 6.54 Å². The normalized spacial score (nSPS) is 13.7. The molecule has 0 amide bonds. The summed E-state index contributed by atoms with van der Waals surface area (Å²) in [5, 5.41) is 10.3. The van der Waals surface area contributed by atoms with Crippen molar-refractivity contribution in [3.05, 3.63) is 59.1 Å². The molecule has 1 N–H and O–H groups in total. The Morgan fingerprint density at radius 1 is 0.853 bits per heavy atom. The molecular weight excluding hydrogens is 438 g/mol. The van der Waals surface area contributed by atoms with Crippen molar-refractivity contribution in [2.75, 3.05) is 47.1 Å². The van der Waals surface area contributed by atoms with Gasteiger partial charge in [0.25, 0.3) is 0 Å². The van der Waals surface area contributed by atoms with Crippen molar-refractivity contribution in [3.8, 4) is 34.6 Å². The van der Waals surface area contributed by atoms with Crippen LogP contribution < -0.4 is 24.6 Å². The number of ether oxygens (including phenoxy) is 4. The van der Waals surface area contributed by atoms with Crippen LogP contribution in [0.3, 0.4) is 0 Å². The number of aromatic nitrogens is 2. The third-order valence-corrected chi connectivity index (χ3v) is 5.89. The van der Waals surface area contributed by atoms with E-state index in [-0.39, 0.29) is 24.7 Å². The Balaban J connectivity index is 1.40. The maximum Gasteiger partial charge on any atom is 0.335 e. The highest BCUT2D eigenvalue weighted by atomic mass is 16.5. The third kappa shape index (κ3) is 5.48. The molecule has 34 heavy (non-hydrogen) atoms. The molecule has 1 aromatic heterocycles. The number of hydrogen-bond acceptors (Lipinski definition) is 7. The van der Waals surface area contributed by atoms with Crippen LogP contribution in [0.1, 0.15) is 12.8 Å². The summed E-state index contributed by atoms with van der Waals surface area (Å²) in [6.07, 6.45) is 3.87. The third-order valence-electron chi connectivity index (χ3n) is 5.89. The van der Waals surface area contributed by atoms with E-state index in [1.165, 1.54) is 28.2 Å². The lowest BCUT2D eigenvalue weighted by atomic mass is 10.2. The summed E-state index contributed by atoms with van der Waals surface area (Å²) >= 11 is 0. The first kappa shape index (κ1) is 23.6. The summed E-state index contributed by atoms with van der Waals surface area (Å²) in [5.74, 6) is 2.39. The summed E-state index contributed by atoms with van der Waals surface area (Å²) in [5.41, 5.74) is 0.194. The molecule has 0 bridgehead atoms. The number of likely N-dealkylation sites (tertiary alicyclic amines) is 1. The zero-order valence-corrected chi connectivity index (χ0v) is 19.6. The van der Waals surface area contributed by atoms with Gasteiger partial charge >= 0.3 is 5.69 Å². The molecule has 1 aliphatic heterocycles. The largest absolute Gasteiger partial charge is 0.497 e. The fraction of sp³-hybridized carbons (Fsp3) is 0.400. The maximum absolute atomic E-state index is 12.9. The molecule has 2 heterocycles. The van der Waals surface area contributed by atoms with Crippen molar-refractivity contribution in [1.82, 2.24) is 14.0 Å². The molecule has 3 aromatic rings. The lowest BCUT2D eigenvalue weighted by Gasteiger charge is -2.16. The van der Waals surface area contributed by atoms with E-state index >= 15 is 0 Å². The molecule has 0 radical (unpaired) electrons. The zero-order valence-electron chi connectivity index (χ0n) is 19.6. The van der Waals surface area contributed by atoms with Gasteiger partial charge in [-0.15, -0.1) is 0 Å². The van der Waals surface area contributed by atoms with Crippen molar-refractivity contribution in [2.24, 2.45) is 0 Å². The summed E-state index contributed by atoms with van der Waals surface area (Å²) in [4.78, 5) is 15.3. The van der Waals surface area contributed by atoms with E-state index < -0.39 is 0 Å².